The Kier molecular flexibility index (Phi) is 4.69. The van der Waals surface area contributed by atoms with Gasteiger partial charge in [0.05, 0.1) is 12.3 Å². The fraction of sp³-hybridized carbons (Fsp3) is 0.278. The molecular formula is C18H15BrN5O6PS. The van der Waals surface area contributed by atoms with Gasteiger partial charge in [0, 0.05) is 6.20 Å². The molecule has 11 nitrogen and oxygen atoms in total. The Hall–Kier alpha value is -1.96. The van der Waals surface area contributed by atoms with Crippen LogP contribution in [0.3, 0.4) is 0 Å². The molecule has 1 aromatic carbocycles. The zero-order valence-corrected chi connectivity index (χ0v) is 19.3. The summed E-state index contributed by atoms with van der Waals surface area (Å²) in [7, 11) is 0. The van der Waals surface area contributed by atoms with E-state index in [4.69, 9.17) is 25.6 Å². The van der Waals surface area contributed by atoms with Crippen molar-refractivity contribution in [3.05, 3.63) is 51.6 Å². The minimum Gasteiger partial charge on any atom is -0.386 e. The number of nitrogens with one attached hydrogen (secondary N) is 1. The molecule has 4 aromatic rings. The highest BCUT2D eigenvalue weighted by Crippen LogP contribution is 2.53. The molecule has 5 atom stereocenters. The molecule has 0 radical (unpaired) electrons. The number of imidazole rings is 2. The number of benzene rings is 1. The lowest BCUT2D eigenvalue weighted by atomic mass is 10.1. The molecule has 0 saturated carbocycles. The number of rotatable bonds is 2. The number of nitrogens with zero attached hydrogens (tertiary/aromatic N) is 4. The van der Waals surface area contributed by atoms with E-state index in [9.17, 15) is 14.8 Å². The van der Waals surface area contributed by atoms with Crippen LogP contribution in [-0.2, 0) is 25.6 Å². The molecule has 2 aliphatic rings. The normalized spacial score (nSPS) is 30.2. The van der Waals surface area contributed by atoms with Crippen LogP contribution < -0.4 is 5.56 Å². The summed E-state index contributed by atoms with van der Waals surface area (Å²) in [4.78, 5) is 35.2. The van der Waals surface area contributed by atoms with Crippen molar-refractivity contribution in [2.75, 3.05) is 6.61 Å². The van der Waals surface area contributed by atoms with E-state index in [1.165, 1.54) is 8.97 Å². The summed E-state index contributed by atoms with van der Waals surface area (Å²) in [5.41, 5.74) is 1.56. The van der Waals surface area contributed by atoms with Crippen molar-refractivity contribution in [1.82, 2.24) is 23.9 Å². The highest BCUT2D eigenvalue weighted by Gasteiger charge is 2.51. The summed E-state index contributed by atoms with van der Waals surface area (Å²) < 4.78 is 19.6. The fourth-order valence-electron chi connectivity index (χ4n) is 4.04. The Morgan fingerprint density at radius 3 is 2.84 bits per heavy atom. The van der Waals surface area contributed by atoms with Crippen LogP contribution >= 0.6 is 22.6 Å². The number of H-pyrrole nitrogens is 1. The molecule has 0 aliphatic carbocycles. The Morgan fingerprint density at radius 2 is 2.06 bits per heavy atom. The Morgan fingerprint density at radius 1 is 1.28 bits per heavy atom. The lowest BCUT2D eigenvalue weighted by molar-refractivity contribution is -0.0600. The highest BCUT2D eigenvalue weighted by molar-refractivity contribution is 9.10. The van der Waals surface area contributed by atoms with Crippen molar-refractivity contribution in [3.63, 3.8) is 0 Å². The molecule has 3 aromatic heterocycles. The van der Waals surface area contributed by atoms with Crippen LogP contribution in [0.1, 0.15) is 6.23 Å². The number of hydrogen-bond acceptors (Lipinski definition) is 8. The lowest BCUT2D eigenvalue weighted by Gasteiger charge is -2.30. The topological polar surface area (TPSA) is 136 Å². The second-order valence-electron chi connectivity index (χ2n) is 7.46. The standard InChI is InChI=1S/C18H15BrN5O6PS/c19-17-21-11-14(24(17)16-12(25)13-10(29-16)7-28-31(27,32)30-13)22-18-20-9(6-23(18)15(11)26)8-4-2-1-3-5-8/h1-6,10,12-13,16,25H,7H2,(H,20,22)(H,27,32)/t10-,12+,13+,16+,31?/m1/s1. The van der Waals surface area contributed by atoms with Crippen molar-refractivity contribution in [2.45, 2.75) is 24.5 Å². The number of aliphatic hydroxyl groups excluding tert-OH is 1. The number of fused-ring (bicyclic) bond motifs is 3. The minimum absolute atomic E-state index is 0.0202. The van der Waals surface area contributed by atoms with Crippen molar-refractivity contribution < 1.29 is 23.8 Å². The van der Waals surface area contributed by atoms with Gasteiger partial charge in [-0.05, 0) is 33.3 Å². The predicted octanol–water partition coefficient (Wildman–Crippen LogP) is 1.69. The number of halogens is 1. The van der Waals surface area contributed by atoms with Crippen LogP contribution in [0, 0.1) is 0 Å². The Bertz CT molecular complexity index is 1470. The first-order chi connectivity index (χ1) is 15.3. The molecule has 6 rings (SSSR count). The number of hydrogen-bond donors (Lipinski definition) is 3. The first-order valence-corrected chi connectivity index (χ1v) is 12.9. The van der Waals surface area contributed by atoms with E-state index in [1.54, 1.807) is 6.20 Å². The smallest absolute Gasteiger partial charge is 0.325 e. The second kappa shape index (κ2) is 7.27. The van der Waals surface area contributed by atoms with E-state index < -0.39 is 31.3 Å². The third kappa shape index (κ3) is 3.12. The molecule has 0 bridgehead atoms. The van der Waals surface area contributed by atoms with E-state index in [0.29, 0.717) is 5.78 Å². The van der Waals surface area contributed by atoms with Crippen LogP contribution in [0.2, 0.25) is 0 Å². The number of aromatic amines is 1. The first kappa shape index (κ1) is 20.6. The van der Waals surface area contributed by atoms with Gasteiger partial charge < -0.3 is 24.2 Å². The third-order valence-electron chi connectivity index (χ3n) is 5.51. The molecule has 3 N–H and O–H groups in total. The number of aliphatic hydroxyl groups is 1. The zero-order valence-electron chi connectivity index (χ0n) is 16.0. The third-order valence-corrected chi connectivity index (χ3v) is 7.63. The van der Waals surface area contributed by atoms with Crippen LogP contribution in [0.15, 0.2) is 46.1 Å². The van der Waals surface area contributed by atoms with Gasteiger partial charge in [-0.25, -0.2) is 9.38 Å². The quantitative estimate of drug-likeness (QED) is 0.256. The number of ether oxygens (including phenoxy) is 1. The largest absolute Gasteiger partial charge is 0.386 e. The van der Waals surface area contributed by atoms with Crippen LogP contribution in [0.4, 0.5) is 0 Å². The molecule has 2 aliphatic heterocycles. The molecular weight excluding hydrogens is 525 g/mol. The number of aromatic nitrogens is 5. The molecule has 166 valence electrons. The second-order valence-corrected chi connectivity index (χ2v) is 11.0. The van der Waals surface area contributed by atoms with Gasteiger partial charge in [0.1, 0.15) is 18.3 Å². The molecule has 2 fully saturated rings. The summed E-state index contributed by atoms with van der Waals surface area (Å²) in [5.74, 6) is 0.311. The van der Waals surface area contributed by atoms with Gasteiger partial charge in [0.15, 0.2) is 22.1 Å². The van der Waals surface area contributed by atoms with Crippen LogP contribution in [0.5, 0.6) is 0 Å². The molecule has 0 amide bonds. The lowest BCUT2D eigenvalue weighted by Crippen LogP contribution is -2.39. The van der Waals surface area contributed by atoms with Gasteiger partial charge in [-0.15, -0.1) is 0 Å². The van der Waals surface area contributed by atoms with E-state index in [0.717, 1.165) is 11.3 Å². The van der Waals surface area contributed by atoms with E-state index >= 15 is 0 Å². The molecule has 1 unspecified atom stereocenters. The maximum atomic E-state index is 13.1. The van der Waals surface area contributed by atoms with Gasteiger partial charge in [-0.2, -0.15) is 4.98 Å². The summed E-state index contributed by atoms with van der Waals surface area (Å²) >= 11 is 8.24. The van der Waals surface area contributed by atoms with Gasteiger partial charge in [-0.1, -0.05) is 30.3 Å². The average Bonchev–Trinajstić information content (AvgIpc) is 3.43. The fourth-order valence-corrected chi connectivity index (χ4v) is 6.03. The van der Waals surface area contributed by atoms with E-state index in [2.05, 4.69) is 30.9 Å². The van der Waals surface area contributed by atoms with Crippen LogP contribution in [0.25, 0.3) is 28.2 Å². The SMILES string of the molecule is O=c1c2nc(Br)n([C@H]3O[C@@H]4COP(O)(=S)O[C@@H]4[C@@H]3O)c2nc2[nH]c(-c3ccccc3)cn12. The maximum Gasteiger partial charge on any atom is 0.325 e. The summed E-state index contributed by atoms with van der Waals surface area (Å²) in [5, 5.41) is 10.9. The molecule has 5 heterocycles. The van der Waals surface area contributed by atoms with Crippen molar-refractivity contribution in [3.8, 4) is 11.3 Å². The van der Waals surface area contributed by atoms with Gasteiger partial charge >= 0.3 is 6.72 Å². The van der Waals surface area contributed by atoms with Crippen molar-refractivity contribution in [1.29, 1.82) is 0 Å². The summed E-state index contributed by atoms with van der Waals surface area (Å²) in [6.45, 7) is -3.46. The molecule has 0 spiro atoms. The monoisotopic (exact) mass is 539 g/mol. The predicted molar refractivity (Wildman–Crippen MR) is 119 cm³/mol. The Labute approximate surface area is 193 Å². The van der Waals surface area contributed by atoms with E-state index in [-0.39, 0.29) is 28.1 Å². The highest BCUT2D eigenvalue weighted by atomic mass is 79.9. The van der Waals surface area contributed by atoms with Gasteiger partial charge in [-0.3, -0.25) is 13.9 Å². The van der Waals surface area contributed by atoms with Crippen molar-refractivity contribution >= 4 is 51.4 Å². The van der Waals surface area contributed by atoms with E-state index in [1.807, 2.05) is 30.3 Å². The van der Waals surface area contributed by atoms with Gasteiger partial charge in [0.25, 0.3) is 5.56 Å². The van der Waals surface area contributed by atoms with Crippen LogP contribution in [-0.4, -0.2) is 58.8 Å². The van der Waals surface area contributed by atoms with Gasteiger partial charge in [0.2, 0.25) is 5.78 Å². The maximum absolute atomic E-state index is 13.1. The first-order valence-electron chi connectivity index (χ1n) is 9.56. The molecule has 2 saturated heterocycles. The summed E-state index contributed by atoms with van der Waals surface area (Å²) in [6, 6.07) is 9.54. The molecule has 14 heteroatoms. The molecule has 32 heavy (non-hydrogen) atoms. The Balaban J connectivity index is 1.48. The van der Waals surface area contributed by atoms with Crippen molar-refractivity contribution in [2.24, 2.45) is 0 Å². The minimum atomic E-state index is -3.44. The summed E-state index contributed by atoms with van der Waals surface area (Å²) in [6.07, 6.45) is -2.05. The zero-order chi connectivity index (χ0) is 22.2. The average molecular weight is 540 g/mol.